The highest BCUT2D eigenvalue weighted by Crippen LogP contribution is 1.89. The minimum atomic E-state index is -0.105. The number of likely N-dealkylation sites (N-methyl/N-ethyl adjacent to an activating group) is 1. The van der Waals surface area contributed by atoms with Crippen molar-refractivity contribution < 1.29 is 9.59 Å². The molecule has 0 aliphatic heterocycles. The van der Waals surface area contributed by atoms with Gasteiger partial charge in [-0.3, -0.25) is 9.59 Å². The van der Waals surface area contributed by atoms with Crippen molar-refractivity contribution in [1.29, 1.82) is 0 Å². The number of hydrogen-bond acceptors (Lipinski definition) is 2. The van der Waals surface area contributed by atoms with Crippen LogP contribution in [0.2, 0.25) is 0 Å². The smallest absolute Gasteiger partial charge is 0.239 e. The fourth-order valence-electron chi connectivity index (χ4n) is 0.987. The topological polar surface area (TPSA) is 49.4 Å². The lowest BCUT2D eigenvalue weighted by molar-refractivity contribution is -0.134. The van der Waals surface area contributed by atoms with Crippen LogP contribution in [0.15, 0.2) is 0 Å². The summed E-state index contributed by atoms with van der Waals surface area (Å²) in [6, 6.07) is 0.123. The van der Waals surface area contributed by atoms with Crippen LogP contribution in [0.25, 0.3) is 0 Å². The Labute approximate surface area is 79.3 Å². The average Bonchev–Trinajstić information content (AvgIpc) is 1.98. The monoisotopic (exact) mass is 186 g/mol. The summed E-state index contributed by atoms with van der Waals surface area (Å²) >= 11 is 0. The highest BCUT2D eigenvalue weighted by Gasteiger charge is 2.11. The van der Waals surface area contributed by atoms with Gasteiger partial charge in [0.05, 0.1) is 6.54 Å². The molecule has 0 rings (SSSR count). The third-order valence-electron chi connectivity index (χ3n) is 1.61. The lowest BCUT2D eigenvalue weighted by atomic mass is 10.3. The largest absolute Gasteiger partial charge is 0.352 e. The zero-order valence-electron chi connectivity index (χ0n) is 8.76. The van der Waals surface area contributed by atoms with Gasteiger partial charge in [-0.25, -0.2) is 0 Å². The summed E-state index contributed by atoms with van der Waals surface area (Å²) in [4.78, 5) is 23.7. The maximum atomic E-state index is 11.2. The first-order valence-corrected chi connectivity index (χ1v) is 4.52. The molecule has 0 aromatic carbocycles. The fourth-order valence-corrected chi connectivity index (χ4v) is 0.987. The molecule has 0 aliphatic carbocycles. The molecule has 0 aromatic heterocycles. The number of amides is 2. The van der Waals surface area contributed by atoms with E-state index in [-0.39, 0.29) is 24.4 Å². The van der Waals surface area contributed by atoms with E-state index in [9.17, 15) is 9.59 Å². The van der Waals surface area contributed by atoms with Gasteiger partial charge < -0.3 is 10.2 Å². The second kappa shape index (κ2) is 5.56. The maximum absolute atomic E-state index is 11.2. The lowest BCUT2D eigenvalue weighted by Crippen LogP contribution is -2.41. The molecule has 0 fully saturated rings. The van der Waals surface area contributed by atoms with Crippen LogP contribution in [0.4, 0.5) is 0 Å². The van der Waals surface area contributed by atoms with E-state index in [1.807, 2.05) is 20.8 Å². The van der Waals surface area contributed by atoms with Crippen molar-refractivity contribution in [2.75, 3.05) is 13.1 Å². The summed E-state index contributed by atoms with van der Waals surface area (Å²) in [5, 5.41) is 2.73. The number of rotatable bonds is 4. The SMILES string of the molecule is CCN(CC(=O)NC(C)C)C(C)=O. The Kier molecular flexibility index (Phi) is 5.11. The molecule has 0 bridgehead atoms. The molecule has 0 atom stereocenters. The first kappa shape index (κ1) is 11.9. The van der Waals surface area contributed by atoms with Crippen molar-refractivity contribution in [3.05, 3.63) is 0 Å². The zero-order chi connectivity index (χ0) is 10.4. The van der Waals surface area contributed by atoms with E-state index in [0.29, 0.717) is 6.54 Å². The summed E-state index contributed by atoms with van der Waals surface area (Å²) in [5.41, 5.74) is 0. The normalized spacial score (nSPS) is 9.92. The van der Waals surface area contributed by atoms with E-state index in [2.05, 4.69) is 5.32 Å². The van der Waals surface area contributed by atoms with Gasteiger partial charge in [0, 0.05) is 19.5 Å². The van der Waals surface area contributed by atoms with E-state index in [1.54, 1.807) is 0 Å². The molecule has 0 saturated heterocycles. The number of nitrogens with one attached hydrogen (secondary N) is 1. The molecule has 13 heavy (non-hydrogen) atoms. The molecule has 0 radical (unpaired) electrons. The predicted octanol–water partition coefficient (Wildman–Crippen LogP) is 0.379. The maximum Gasteiger partial charge on any atom is 0.239 e. The number of carbonyl (C=O) groups excluding carboxylic acids is 2. The first-order valence-electron chi connectivity index (χ1n) is 4.52. The highest BCUT2D eigenvalue weighted by atomic mass is 16.2. The number of carbonyl (C=O) groups is 2. The van der Waals surface area contributed by atoms with Gasteiger partial charge in [0.1, 0.15) is 0 Å². The first-order chi connectivity index (χ1) is 5.97. The van der Waals surface area contributed by atoms with Crippen molar-refractivity contribution in [2.24, 2.45) is 0 Å². The van der Waals surface area contributed by atoms with Crippen LogP contribution in [0.1, 0.15) is 27.7 Å². The molecule has 2 amide bonds. The molecule has 0 spiro atoms. The van der Waals surface area contributed by atoms with E-state index in [4.69, 9.17) is 0 Å². The van der Waals surface area contributed by atoms with E-state index < -0.39 is 0 Å². The fraction of sp³-hybridized carbons (Fsp3) is 0.778. The Morgan fingerprint density at radius 3 is 2.23 bits per heavy atom. The van der Waals surface area contributed by atoms with E-state index in [0.717, 1.165) is 0 Å². The zero-order valence-corrected chi connectivity index (χ0v) is 8.76. The van der Waals surface area contributed by atoms with Gasteiger partial charge in [-0.15, -0.1) is 0 Å². The van der Waals surface area contributed by atoms with Crippen LogP contribution in [-0.2, 0) is 9.59 Å². The van der Waals surface area contributed by atoms with Gasteiger partial charge in [-0.05, 0) is 20.8 Å². The molecule has 0 saturated carbocycles. The van der Waals surface area contributed by atoms with Gasteiger partial charge >= 0.3 is 0 Å². The Morgan fingerprint density at radius 1 is 1.38 bits per heavy atom. The molecular weight excluding hydrogens is 168 g/mol. The lowest BCUT2D eigenvalue weighted by Gasteiger charge is -2.19. The Morgan fingerprint density at radius 2 is 1.92 bits per heavy atom. The Hall–Kier alpha value is -1.06. The van der Waals surface area contributed by atoms with Gasteiger partial charge in [-0.2, -0.15) is 0 Å². The molecule has 1 N–H and O–H groups in total. The van der Waals surface area contributed by atoms with Crippen molar-refractivity contribution in [1.82, 2.24) is 10.2 Å². The minimum absolute atomic E-state index is 0.0681. The standard InChI is InChI=1S/C9H18N2O2/c1-5-11(8(4)12)6-9(13)10-7(2)3/h7H,5-6H2,1-4H3,(H,10,13). The van der Waals surface area contributed by atoms with Crippen LogP contribution in [-0.4, -0.2) is 35.8 Å². The van der Waals surface area contributed by atoms with Crippen molar-refractivity contribution in [3.63, 3.8) is 0 Å². The Bertz CT molecular complexity index is 190. The second-order valence-corrected chi connectivity index (χ2v) is 3.26. The summed E-state index contributed by atoms with van der Waals surface area (Å²) in [7, 11) is 0. The molecule has 0 unspecified atom stereocenters. The van der Waals surface area contributed by atoms with Gasteiger partial charge in [0.2, 0.25) is 11.8 Å². The molecule has 0 aliphatic rings. The molecule has 0 heterocycles. The molecule has 76 valence electrons. The summed E-state index contributed by atoms with van der Waals surface area (Å²) in [5.74, 6) is -0.173. The third kappa shape index (κ3) is 5.22. The van der Waals surface area contributed by atoms with Crippen LogP contribution < -0.4 is 5.32 Å². The van der Waals surface area contributed by atoms with Gasteiger partial charge in [-0.1, -0.05) is 0 Å². The average molecular weight is 186 g/mol. The van der Waals surface area contributed by atoms with Gasteiger partial charge in [0.15, 0.2) is 0 Å². The van der Waals surface area contributed by atoms with Crippen molar-refractivity contribution in [3.8, 4) is 0 Å². The molecule has 4 heteroatoms. The second-order valence-electron chi connectivity index (χ2n) is 3.26. The minimum Gasteiger partial charge on any atom is -0.352 e. The predicted molar refractivity (Wildman–Crippen MR) is 51.2 cm³/mol. The van der Waals surface area contributed by atoms with Crippen molar-refractivity contribution >= 4 is 11.8 Å². The molecule has 4 nitrogen and oxygen atoms in total. The van der Waals surface area contributed by atoms with Crippen molar-refractivity contribution in [2.45, 2.75) is 33.7 Å². The van der Waals surface area contributed by atoms with Gasteiger partial charge in [0.25, 0.3) is 0 Å². The third-order valence-corrected chi connectivity index (χ3v) is 1.61. The molecular formula is C9H18N2O2. The summed E-state index contributed by atoms with van der Waals surface area (Å²) < 4.78 is 0. The van der Waals surface area contributed by atoms with Crippen LogP contribution >= 0.6 is 0 Å². The quantitative estimate of drug-likeness (QED) is 0.690. The molecule has 0 aromatic rings. The number of nitrogens with zero attached hydrogens (tertiary/aromatic N) is 1. The summed E-state index contributed by atoms with van der Waals surface area (Å²) in [6.07, 6.45) is 0. The van der Waals surface area contributed by atoms with Crippen LogP contribution in [0.5, 0.6) is 0 Å². The number of hydrogen-bond donors (Lipinski definition) is 1. The Balaban J connectivity index is 3.94. The van der Waals surface area contributed by atoms with E-state index >= 15 is 0 Å². The van der Waals surface area contributed by atoms with E-state index in [1.165, 1.54) is 11.8 Å². The van der Waals surface area contributed by atoms with Crippen LogP contribution in [0.3, 0.4) is 0 Å². The van der Waals surface area contributed by atoms with Crippen LogP contribution in [0, 0.1) is 0 Å². The highest BCUT2D eigenvalue weighted by molar-refractivity contribution is 5.83. The summed E-state index contributed by atoms with van der Waals surface area (Å²) in [6.45, 7) is 7.82.